The normalized spacial score (nSPS) is 35.3. The van der Waals surface area contributed by atoms with E-state index in [1.54, 1.807) is 0 Å². The monoisotopic (exact) mass is 242 g/mol. The number of nitrogens with one attached hydrogen (secondary N) is 1. The first-order valence-corrected chi connectivity index (χ1v) is 6.98. The molecule has 2 aliphatic heterocycles. The first kappa shape index (κ1) is 13.3. The van der Waals surface area contributed by atoms with Gasteiger partial charge in [0.25, 0.3) is 0 Å². The Balaban J connectivity index is 1.66. The van der Waals surface area contributed by atoms with Crippen LogP contribution in [-0.2, 0) is 9.47 Å². The maximum atomic E-state index is 6.06. The van der Waals surface area contributed by atoms with Crippen molar-refractivity contribution in [3.8, 4) is 0 Å². The molecule has 0 aliphatic carbocycles. The molecule has 17 heavy (non-hydrogen) atoms. The second kappa shape index (κ2) is 6.69. The van der Waals surface area contributed by atoms with Gasteiger partial charge in [0, 0.05) is 26.2 Å². The molecule has 2 rings (SSSR count). The zero-order chi connectivity index (χ0) is 12.1. The molecular formula is C13H26N2O2. The molecule has 0 radical (unpaired) electrons. The first-order valence-electron chi connectivity index (χ1n) is 6.98. The van der Waals surface area contributed by atoms with E-state index < -0.39 is 0 Å². The Kier molecular flexibility index (Phi) is 5.22. The Morgan fingerprint density at radius 3 is 2.88 bits per heavy atom. The summed E-state index contributed by atoms with van der Waals surface area (Å²) in [5.74, 6) is 0. The van der Waals surface area contributed by atoms with Gasteiger partial charge in [-0.1, -0.05) is 6.92 Å². The van der Waals surface area contributed by atoms with E-state index in [1.165, 1.54) is 12.8 Å². The van der Waals surface area contributed by atoms with E-state index in [0.29, 0.717) is 18.3 Å². The summed E-state index contributed by atoms with van der Waals surface area (Å²) < 4.78 is 11.6. The largest absolute Gasteiger partial charge is 0.376 e. The average molecular weight is 242 g/mol. The summed E-state index contributed by atoms with van der Waals surface area (Å²) >= 11 is 0. The highest BCUT2D eigenvalue weighted by molar-refractivity contribution is 4.79. The Morgan fingerprint density at radius 2 is 2.12 bits per heavy atom. The lowest BCUT2D eigenvalue weighted by Gasteiger charge is -2.32. The van der Waals surface area contributed by atoms with Gasteiger partial charge in [-0.05, 0) is 26.3 Å². The van der Waals surface area contributed by atoms with E-state index in [0.717, 1.165) is 39.3 Å². The molecule has 0 spiro atoms. The molecule has 0 aromatic heterocycles. The fourth-order valence-electron chi connectivity index (χ4n) is 2.71. The predicted molar refractivity (Wildman–Crippen MR) is 68.3 cm³/mol. The topological polar surface area (TPSA) is 33.7 Å². The second-order valence-electron chi connectivity index (χ2n) is 5.21. The van der Waals surface area contributed by atoms with E-state index in [-0.39, 0.29) is 0 Å². The van der Waals surface area contributed by atoms with Gasteiger partial charge in [0.15, 0.2) is 0 Å². The van der Waals surface area contributed by atoms with E-state index in [2.05, 4.69) is 24.1 Å². The molecule has 4 heteroatoms. The van der Waals surface area contributed by atoms with Gasteiger partial charge in [0.05, 0.1) is 24.9 Å². The van der Waals surface area contributed by atoms with Gasteiger partial charge in [-0.15, -0.1) is 0 Å². The molecule has 1 N–H and O–H groups in total. The summed E-state index contributed by atoms with van der Waals surface area (Å²) in [6.45, 7) is 10.4. The van der Waals surface area contributed by atoms with Gasteiger partial charge in [-0.2, -0.15) is 0 Å². The maximum absolute atomic E-state index is 6.06. The molecule has 0 aromatic rings. The van der Waals surface area contributed by atoms with Crippen molar-refractivity contribution in [2.45, 2.75) is 45.0 Å². The van der Waals surface area contributed by atoms with Crippen LogP contribution in [-0.4, -0.2) is 62.5 Å². The zero-order valence-electron chi connectivity index (χ0n) is 11.2. The number of hydrogen-bond donors (Lipinski definition) is 1. The van der Waals surface area contributed by atoms with Gasteiger partial charge in [-0.25, -0.2) is 0 Å². The van der Waals surface area contributed by atoms with Crippen molar-refractivity contribution >= 4 is 0 Å². The van der Waals surface area contributed by atoms with Crippen molar-refractivity contribution in [1.82, 2.24) is 10.2 Å². The molecule has 0 bridgehead atoms. The third-order valence-electron chi connectivity index (χ3n) is 3.60. The fourth-order valence-corrected chi connectivity index (χ4v) is 2.71. The van der Waals surface area contributed by atoms with Crippen molar-refractivity contribution < 1.29 is 9.47 Å². The first-order chi connectivity index (χ1) is 8.28. The quantitative estimate of drug-likeness (QED) is 0.775. The summed E-state index contributed by atoms with van der Waals surface area (Å²) in [5, 5.41) is 3.36. The van der Waals surface area contributed by atoms with Crippen LogP contribution in [0.3, 0.4) is 0 Å². The van der Waals surface area contributed by atoms with Crippen LogP contribution in [0.25, 0.3) is 0 Å². The van der Waals surface area contributed by atoms with Crippen molar-refractivity contribution in [1.29, 1.82) is 0 Å². The number of nitrogens with zero attached hydrogens (tertiary/aromatic N) is 1. The summed E-state index contributed by atoms with van der Waals surface area (Å²) in [7, 11) is 0. The lowest BCUT2D eigenvalue weighted by molar-refractivity contribution is -0.0423. The summed E-state index contributed by atoms with van der Waals surface area (Å²) in [5.41, 5.74) is 0. The molecule has 2 heterocycles. The van der Waals surface area contributed by atoms with Crippen LogP contribution in [0.2, 0.25) is 0 Å². The zero-order valence-corrected chi connectivity index (χ0v) is 11.2. The van der Waals surface area contributed by atoms with E-state index in [1.807, 2.05) is 0 Å². The van der Waals surface area contributed by atoms with Crippen LogP contribution >= 0.6 is 0 Å². The highest BCUT2D eigenvalue weighted by Crippen LogP contribution is 2.20. The van der Waals surface area contributed by atoms with Gasteiger partial charge in [0.1, 0.15) is 0 Å². The van der Waals surface area contributed by atoms with Crippen molar-refractivity contribution in [2.75, 3.05) is 39.3 Å². The third kappa shape index (κ3) is 4.21. The number of hydrogen-bond acceptors (Lipinski definition) is 4. The Labute approximate surface area is 105 Å². The fraction of sp³-hybridized carbons (Fsp3) is 1.00. The van der Waals surface area contributed by atoms with Gasteiger partial charge >= 0.3 is 0 Å². The van der Waals surface area contributed by atoms with Gasteiger partial charge in [0.2, 0.25) is 0 Å². The molecule has 3 unspecified atom stereocenters. The molecule has 3 atom stereocenters. The number of ether oxygens (including phenoxy) is 2. The number of rotatable bonds is 5. The van der Waals surface area contributed by atoms with Crippen LogP contribution in [0.1, 0.15) is 26.7 Å². The summed E-state index contributed by atoms with van der Waals surface area (Å²) in [6, 6.07) is 0. The van der Waals surface area contributed by atoms with Crippen molar-refractivity contribution in [2.24, 2.45) is 0 Å². The molecule has 4 nitrogen and oxygen atoms in total. The van der Waals surface area contributed by atoms with E-state index in [4.69, 9.17) is 9.47 Å². The number of morpholine rings is 1. The lowest BCUT2D eigenvalue weighted by Crippen LogP contribution is -2.44. The summed E-state index contributed by atoms with van der Waals surface area (Å²) in [6.07, 6.45) is 3.66. The standard InChI is InChI=1S/C13H26N2O2/c1-3-14-8-12-4-5-13(17-12)10-15-6-7-16-11(2)9-15/h11-14H,3-10H2,1-2H3. The Bertz CT molecular complexity index is 225. The van der Waals surface area contributed by atoms with Gasteiger partial charge < -0.3 is 14.8 Å². The van der Waals surface area contributed by atoms with Crippen LogP contribution in [0.5, 0.6) is 0 Å². The molecular weight excluding hydrogens is 216 g/mol. The Hall–Kier alpha value is -0.160. The highest BCUT2D eigenvalue weighted by Gasteiger charge is 2.27. The molecule has 2 fully saturated rings. The van der Waals surface area contributed by atoms with E-state index in [9.17, 15) is 0 Å². The van der Waals surface area contributed by atoms with Crippen LogP contribution in [0.4, 0.5) is 0 Å². The third-order valence-corrected chi connectivity index (χ3v) is 3.60. The molecule has 0 amide bonds. The Morgan fingerprint density at radius 1 is 1.29 bits per heavy atom. The molecule has 0 saturated carbocycles. The summed E-state index contributed by atoms with van der Waals surface area (Å²) in [4.78, 5) is 2.48. The van der Waals surface area contributed by atoms with Crippen LogP contribution < -0.4 is 5.32 Å². The predicted octanol–water partition coefficient (Wildman–Crippen LogP) is 0.864. The maximum Gasteiger partial charge on any atom is 0.0707 e. The van der Waals surface area contributed by atoms with E-state index >= 15 is 0 Å². The molecule has 2 aliphatic rings. The van der Waals surface area contributed by atoms with Crippen LogP contribution in [0.15, 0.2) is 0 Å². The minimum Gasteiger partial charge on any atom is -0.376 e. The van der Waals surface area contributed by atoms with Gasteiger partial charge in [-0.3, -0.25) is 4.90 Å². The SMILES string of the molecule is CCNCC1CCC(CN2CCOC(C)C2)O1. The second-order valence-corrected chi connectivity index (χ2v) is 5.21. The number of likely N-dealkylation sites (N-methyl/N-ethyl adjacent to an activating group) is 1. The van der Waals surface area contributed by atoms with Crippen molar-refractivity contribution in [3.63, 3.8) is 0 Å². The molecule has 2 saturated heterocycles. The average Bonchev–Trinajstić information content (AvgIpc) is 2.74. The minimum atomic E-state index is 0.378. The smallest absolute Gasteiger partial charge is 0.0707 e. The highest BCUT2D eigenvalue weighted by atomic mass is 16.5. The molecule has 0 aromatic carbocycles. The molecule has 100 valence electrons. The minimum absolute atomic E-state index is 0.378. The van der Waals surface area contributed by atoms with Crippen LogP contribution in [0, 0.1) is 0 Å². The van der Waals surface area contributed by atoms with Crippen molar-refractivity contribution in [3.05, 3.63) is 0 Å². The lowest BCUT2D eigenvalue weighted by atomic mass is 10.1.